The Balaban J connectivity index is 1.95. The summed E-state index contributed by atoms with van der Waals surface area (Å²) < 4.78 is 14.3. The summed E-state index contributed by atoms with van der Waals surface area (Å²) in [5, 5.41) is 3.33. The van der Waals surface area contributed by atoms with Gasteiger partial charge in [-0.05, 0) is 36.5 Å². The second-order valence-electron chi connectivity index (χ2n) is 6.54. The zero-order valence-corrected chi connectivity index (χ0v) is 13.7. The molecule has 0 saturated carbocycles. The minimum Gasteiger partial charge on any atom is -0.369 e. The predicted molar refractivity (Wildman–Crippen MR) is 88.2 cm³/mol. The average Bonchev–Trinajstić information content (AvgIpc) is 2.47. The maximum Gasteiger partial charge on any atom is 0.146 e. The van der Waals surface area contributed by atoms with Gasteiger partial charge in [0.1, 0.15) is 5.82 Å². The van der Waals surface area contributed by atoms with Crippen LogP contribution >= 0.6 is 0 Å². The highest BCUT2D eigenvalue weighted by molar-refractivity contribution is 5.49. The summed E-state index contributed by atoms with van der Waals surface area (Å²) in [7, 11) is 0. The van der Waals surface area contributed by atoms with E-state index in [0.717, 1.165) is 36.8 Å². The van der Waals surface area contributed by atoms with Gasteiger partial charge in [-0.15, -0.1) is 0 Å². The summed E-state index contributed by atoms with van der Waals surface area (Å²) in [6.07, 6.45) is 4.97. The lowest BCUT2D eigenvalue weighted by Crippen LogP contribution is -2.34. The van der Waals surface area contributed by atoms with Crippen LogP contribution in [0.4, 0.5) is 10.1 Å². The Morgan fingerprint density at radius 2 is 2.00 bits per heavy atom. The molecular formula is C18H29FN2. The van der Waals surface area contributed by atoms with Crippen molar-refractivity contribution in [1.29, 1.82) is 0 Å². The number of nitrogens with zero attached hydrogens (tertiary/aromatic N) is 1. The molecule has 2 rings (SSSR count). The van der Waals surface area contributed by atoms with Crippen LogP contribution in [0.5, 0.6) is 0 Å². The maximum absolute atomic E-state index is 14.3. The van der Waals surface area contributed by atoms with Gasteiger partial charge in [-0.1, -0.05) is 39.7 Å². The van der Waals surface area contributed by atoms with Gasteiger partial charge in [-0.25, -0.2) is 4.39 Å². The van der Waals surface area contributed by atoms with E-state index >= 15 is 0 Å². The van der Waals surface area contributed by atoms with Gasteiger partial charge in [0.25, 0.3) is 0 Å². The van der Waals surface area contributed by atoms with Gasteiger partial charge < -0.3 is 10.2 Å². The molecule has 1 aliphatic heterocycles. The highest BCUT2D eigenvalue weighted by Gasteiger charge is 2.20. The molecule has 2 nitrogen and oxygen atoms in total. The van der Waals surface area contributed by atoms with Gasteiger partial charge in [0.2, 0.25) is 0 Å². The molecule has 0 amide bonds. The van der Waals surface area contributed by atoms with E-state index in [0.29, 0.717) is 6.04 Å². The molecule has 0 aromatic heterocycles. The van der Waals surface area contributed by atoms with Gasteiger partial charge in [-0.3, -0.25) is 0 Å². The predicted octanol–water partition coefficient (Wildman–Crippen LogP) is 4.34. The summed E-state index contributed by atoms with van der Waals surface area (Å²) in [4.78, 5) is 2.21. The molecule has 1 N–H and O–H groups in total. The molecule has 0 unspecified atom stereocenters. The maximum atomic E-state index is 14.3. The number of hydrogen-bond acceptors (Lipinski definition) is 2. The van der Waals surface area contributed by atoms with Crippen molar-refractivity contribution in [2.45, 2.75) is 59.0 Å². The van der Waals surface area contributed by atoms with Crippen molar-refractivity contribution < 1.29 is 4.39 Å². The van der Waals surface area contributed by atoms with Gasteiger partial charge in [-0.2, -0.15) is 0 Å². The van der Waals surface area contributed by atoms with E-state index in [1.165, 1.54) is 25.7 Å². The number of piperidine rings is 1. The van der Waals surface area contributed by atoms with Gasteiger partial charge in [0.05, 0.1) is 5.69 Å². The lowest BCUT2D eigenvalue weighted by Gasteiger charge is -2.33. The highest BCUT2D eigenvalue weighted by Crippen LogP contribution is 2.28. The van der Waals surface area contributed by atoms with Crippen LogP contribution < -0.4 is 10.2 Å². The molecule has 1 aromatic rings. The number of anilines is 1. The van der Waals surface area contributed by atoms with Crippen LogP contribution in [0.1, 0.15) is 52.0 Å². The van der Waals surface area contributed by atoms with Crippen LogP contribution in [-0.4, -0.2) is 19.1 Å². The van der Waals surface area contributed by atoms with Gasteiger partial charge in [0.15, 0.2) is 0 Å². The van der Waals surface area contributed by atoms with Crippen LogP contribution in [0.2, 0.25) is 0 Å². The number of nitrogens with one attached hydrogen (secondary N) is 1. The van der Waals surface area contributed by atoms with E-state index in [9.17, 15) is 4.39 Å². The topological polar surface area (TPSA) is 15.3 Å². The van der Waals surface area contributed by atoms with E-state index in [2.05, 4.69) is 31.0 Å². The fourth-order valence-corrected chi connectivity index (χ4v) is 3.11. The molecule has 1 fully saturated rings. The first kappa shape index (κ1) is 16.3. The molecule has 0 spiro atoms. The summed E-state index contributed by atoms with van der Waals surface area (Å²) in [6, 6.07) is 6.10. The van der Waals surface area contributed by atoms with E-state index in [-0.39, 0.29) is 5.82 Å². The second-order valence-corrected chi connectivity index (χ2v) is 6.54. The Labute approximate surface area is 128 Å². The van der Waals surface area contributed by atoms with Crippen molar-refractivity contribution in [3.05, 3.63) is 29.6 Å². The molecule has 21 heavy (non-hydrogen) atoms. The Morgan fingerprint density at radius 1 is 1.29 bits per heavy atom. The number of benzene rings is 1. The summed E-state index contributed by atoms with van der Waals surface area (Å²) in [5.74, 6) is 0.760. The quantitative estimate of drug-likeness (QED) is 0.839. The molecule has 0 atom stereocenters. The molecule has 1 saturated heterocycles. The first-order valence-corrected chi connectivity index (χ1v) is 8.37. The third-order valence-corrected chi connectivity index (χ3v) is 4.38. The SMILES string of the molecule is CCCC1CCN(c2ccc(CNC(C)C)cc2F)CC1. The second kappa shape index (κ2) is 7.79. The van der Waals surface area contributed by atoms with Gasteiger partial charge in [0, 0.05) is 25.7 Å². The van der Waals surface area contributed by atoms with Crippen LogP contribution in [0.3, 0.4) is 0 Å². The van der Waals surface area contributed by atoms with E-state index in [1.807, 2.05) is 12.1 Å². The normalized spacial score (nSPS) is 16.7. The Kier molecular flexibility index (Phi) is 6.04. The van der Waals surface area contributed by atoms with E-state index in [4.69, 9.17) is 0 Å². The smallest absolute Gasteiger partial charge is 0.146 e. The zero-order valence-electron chi connectivity index (χ0n) is 13.7. The molecular weight excluding hydrogens is 263 g/mol. The van der Waals surface area contributed by atoms with Crippen molar-refractivity contribution in [3.63, 3.8) is 0 Å². The largest absolute Gasteiger partial charge is 0.369 e. The van der Waals surface area contributed by atoms with E-state index < -0.39 is 0 Å². The average molecular weight is 292 g/mol. The lowest BCUT2D eigenvalue weighted by atomic mass is 9.92. The van der Waals surface area contributed by atoms with Crippen LogP contribution in [0.25, 0.3) is 0 Å². The van der Waals surface area contributed by atoms with Crippen molar-refractivity contribution in [1.82, 2.24) is 5.32 Å². The Hall–Kier alpha value is -1.09. The first-order valence-electron chi connectivity index (χ1n) is 8.37. The van der Waals surface area contributed by atoms with Crippen molar-refractivity contribution in [3.8, 4) is 0 Å². The molecule has 1 aromatic carbocycles. The Morgan fingerprint density at radius 3 is 2.57 bits per heavy atom. The zero-order chi connectivity index (χ0) is 15.2. The number of hydrogen-bond donors (Lipinski definition) is 1. The monoisotopic (exact) mass is 292 g/mol. The van der Waals surface area contributed by atoms with Crippen LogP contribution in [0.15, 0.2) is 18.2 Å². The van der Waals surface area contributed by atoms with Crippen molar-refractivity contribution >= 4 is 5.69 Å². The fraction of sp³-hybridized carbons (Fsp3) is 0.667. The lowest BCUT2D eigenvalue weighted by molar-refractivity contribution is 0.376. The summed E-state index contributed by atoms with van der Waals surface area (Å²) in [6.45, 7) is 9.16. The fourth-order valence-electron chi connectivity index (χ4n) is 3.11. The van der Waals surface area contributed by atoms with Gasteiger partial charge >= 0.3 is 0 Å². The summed E-state index contributed by atoms with van der Waals surface area (Å²) >= 11 is 0. The molecule has 1 heterocycles. The standard InChI is InChI=1S/C18H29FN2/c1-4-5-15-8-10-21(11-9-15)18-7-6-16(12-17(18)19)13-20-14(2)3/h6-7,12,14-15,20H,4-5,8-11,13H2,1-3H3. The van der Waals surface area contributed by atoms with Crippen molar-refractivity contribution in [2.24, 2.45) is 5.92 Å². The minimum atomic E-state index is -0.0769. The molecule has 1 aliphatic rings. The Bertz CT molecular complexity index is 437. The molecule has 3 heteroatoms. The molecule has 118 valence electrons. The first-order chi connectivity index (χ1) is 10.1. The van der Waals surface area contributed by atoms with Crippen LogP contribution in [0, 0.1) is 11.7 Å². The number of halogens is 1. The summed E-state index contributed by atoms with van der Waals surface area (Å²) in [5.41, 5.74) is 1.80. The number of rotatable bonds is 6. The van der Waals surface area contributed by atoms with Crippen LogP contribution in [-0.2, 0) is 6.54 Å². The van der Waals surface area contributed by atoms with Crippen molar-refractivity contribution in [2.75, 3.05) is 18.0 Å². The van der Waals surface area contributed by atoms with E-state index in [1.54, 1.807) is 6.07 Å². The minimum absolute atomic E-state index is 0.0769. The molecule has 0 aliphatic carbocycles. The highest BCUT2D eigenvalue weighted by atomic mass is 19.1. The third-order valence-electron chi connectivity index (χ3n) is 4.38. The molecule has 0 bridgehead atoms. The third kappa shape index (κ3) is 4.70. The molecule has 0 radical (unpaired) electrons.